The Morgan fingerprint density at radius 1 is 1.11 bits per heavy atom. The maximum absolute atomic E-state index is 11.6. The van der Waals surface area contributed by atoms with Crippen LogP contribution in [0.4, 0.5) is 4.79 Å². The van der Waals surface area contributed by atoms with Crippen molar-refractivity contribution in [3.63, 3.8) is 0 Å². The Balaban J connectivity index is 2.40. The molecule has 1 fully saturated rings. The molecule has 1 aromatic carbocycles. The van der Waals surface area contributed by atoms with E-state index in [-0.39, 0.29) is 5.57 Å². The highest BCUT2D eigenvalue weighted by molar-refractivity contribution is 14.1. The molecule has 0 unspecified atom stereocenters. The predicted octanol–water partition coefficient (Wildman–Crippen LogP) is 1.05. The summed E-state index contributed by atoms with van der Waals surface area (Å²) in [6.07, 6.45) is 1.40. The van der Waals surface area contributed by atoms with Crippen molar-refractivity contribution in [3.05, 3.63) is 32.9 Å². The van der Waals surface area contributed by atoms with E-state index in [1.54, 1.807) is 12.1 Å². The molecule has 1 aliphatic rings. The summed E-state index contributed by atoms with van der Waals surface area (Å²) in [6.45, 7) is 0. The second-order valence-electron chi connectivity index (χ2n) is 3.72. The van der Waals surface area contributed by atoms with E-state index in [1.807, 2.05) is 16.7 Å². The van der Waals surface area contributed by atoms with Crippen LogP contribution in [-0.4, -0.2) is 25.0 Å². The van der Waals surface area contributed by atoms with Gasteiger partial charge in [0.2, 0.25) is 0 Å². The largest absolute Gasteiger partial charge is 0.497 e. The first-order valence-electron chi connectivity index (χ1n) is 5.22. The van der Waals surface area contributed by atoms with Crippen LogP contribution in [0.5, 0.6) is 5.75 Å². The molecule has 98 valence electrons. The first kappa shape index (κ1) is 13.5. The second-order valence-corrected chi connectivity index (χ2v) is 4.97. The number of imide groups is 2. The number of carbonyl (C=O) groups excluding carboxylic acids is 3. The summed E-state index contributed by atoms with van der Waals surface area (Å²) < 4.78 is 6.01. The van der Waals surface area contributed by atoms with Gasteiger partial charge in [-0.25, -0.2) is 4.79 Å². The zero-order valence-electron chi connectivity index (χ0n) is 9.82. The Bertz CT molecular complexity index is 588. The lowest BCUT2D eigenvalue weighted by atomic mass is 10.1. The van der Waals surface area contributed by atoms with Crippen LogP contribution in [0.25, 0.3) is 6.08 Å². The van der Waals surface area contributed by atoms with Gasteiger partial charge in [-0.05, 0) is 52.4 Å². The standard InChI is InChI=1S/C12H9IN2O4/c1-19-8-3-6(2-7(13)5-8)4-9-10(16)14-12(18)15-11(9)17/h2-5H,1H3,(H2,14,15,16,17,18). The molecule has 0 radical (unpaired) electrons. The van der Waals surface area contributed by atoms with Gasteiger partial charge in [0, 0.05) is 3.57 Å². The predicted molar refractivity (Wildman–Crippen MR) is 75.4 cm³/mol. The molecule has 0 aliphatic carbocycles. The molecule has 1 aliphatic heterocycles. The Morgan fingerprint density at radius 3 is 2.32 bits per heavy atom. The Kier molecular flexibility index (Phi) is 3.84. The van der Waals surface area contributed by atoms with Gasteiger partial charge in [-0.1, -0.05) is 0 Å². The van der Waals surface area contributed by atoms with Gasteiger partial charge in [-0.15, -0.1) is 0 Å². The molecule has 0 atom stereocenters. The summed E-state index contributed by atoms with van der Waals surface area (Å²) in [7, 11) is 1.53. The van der Waals surface area contributed by atoms with E-state index in [0.717, 1.165) is 3.57 Å². The van der Waals surface area contributed by atoms with Gasteiger partial charge < -0.3 is 4.74 Å². The van der Waals surface area contributed by atoms with E-state index >= 15 is 0 Å². The van der Waals surface area contributed by atoms with Gasteiger partial charge in [0.1, 0.15) is 11.3 Å². The van der Waals surface area contributed by atoms with Crippen LogP contribution in [0.3, 0.4) is 0 Å². The van der Waals surface area contributed by atoms with Crippen LogP contribution >= 0.6 is 22.6 Å². The quantitative estimate of drug-likeness (QED) is 0.462. The molecule has 0 saturated carbocycles. The number of nitrogens with one attached hydrogen (secondary N) is 2. The molecule has 0 spiro atoms. The molecule has 0 bridgehead atoms. The lowest BCUT2D eigenvalue weighted by Crippen LogP contribution is -2.51. The van der Waals surface area contributed by atoms with E-state index < -0.39 is 17.8 Å². The number of methoxy groups -OCH3 is 1. The van der Waals surface area contributed by atoms with Crippen LogP contribution in [0.1, 0.15) is 5.56 Å². The van der Waals surface area contributed by atoms with E-state index in [4.69, 9.17) is 4.74 Å². The topological polar surface area (TPSA) is 84.5 Å². The molecule has 0 aromatic heterocycles. The van der Waals surface area contributed by atoms with Gasteiger partial charge in [-0.2, -0.15) is 0 Å². The average Bonchev–Trinajstić information content (AvgIpc) is 2.33. The number of benzene rings is 1. The van der Waals surface area contributed by atoms with Gasteiger partial charge >= 0.3 is 6.03 Å². The molecule has 1 saturated heterocycles. The number of hydrogen-bond acceptors (Lipinski definition) is 4. The van der Waals surface area contributed by atoms with Crippen molar-refractivity contribution in [2.24, 2.45) is 0 Å². The number of rotatable bonds is 2. The number of hydrogen-bond donors (Lipinski definition) is 2. The van der Waals surface area contributed by atoms with Gasteiger partial charge in [0.25, 0.3) is 11.8 Å². The zero-order valence-corrected chi connectivity index (χ0v) is 12.0. The highest BCUT2D eigenvalue weighted by atomic mass is 127. The highest BCUT2D eigenvalue weighted by Gasteiger charge is 2.27. The van der Waals surface area contributed by atoms with Crippen molar-refractivity contribution in [1.82, 2.24) is 10.6 Å². The molecule has 4 amide bonds. The average molecular weight is 372 g/mol. The number of barbiturate groups is 1. The van der Waals surface area contributed by atoms with Crippen LogP contribution in [-0.2, 0) is 9.59 Å². The summed E-state index contributed by atoms with van der Waals surface area (Å²) >= 11 is 2.10. The van der Waals surface area contributed by atoms with Gasteiger partial charge in [0.15, 0.2) is 0 Å². The van der Waals surface area contributed by atoms with Crippen molar-refractivity contribution < 1.29 is 19.1 Å². The number of amides is 4. The zero-order chi connectivity index (χ0) is 14.0. The van der Waals surface area contributed by atoms with Crippen molar-refractivity contribution >= 4 is 46.5 Å². The number of ether oxygens (including phenoxy) is 1. The van der Waals surface area contributed by atoms with Crippen molar-refractivity contribution in [1.29, 1.82) is 0 Å². The number of carbonyl (C=O) groups is 3. The van der Waals surface area contributed by atoms with E-state index in [1.165, 1.54) is 13.2 Å². The normalized spacial score (nSPS) is 14.8. The maximum atomic E-state index is 11.6. The third kappa shape index (κ3) is 3.11. The molecule has 1 heterocycles. The third-order valence-electron chi connectivity index (χ3n) is 2.38. The van der Waals surface area contributed by atoms with Crippen molar-refractivity contribution in [2.75, 3.05) is 7.11 Å². The molecule has 2 rings (SSSR count). The molecule has 7 heteroatoms. The highest BCUT2D eigenvalue weighted by Crippen LogP contribution is 2.20. The molecule has 1 aromatic rings. The molecule has 6 nitrogen and oxygen atoms in total. The first-order valence-corrected chi connectivity index (χ1v) is 6.30. The maximum Gasteiger partial charge on any atom is 0.328 e. The van der Waals surface area contributed by atoms with Crippen LogP contribution in [0.15, 0.2) is 23.8 Å². The minimum absolute atomic E-state index is 0.122. The SMILES string of the molecule is COc1cc(I)cc(C=C2C(=O)NC(=O)NC2=O)c1. The van der Waals surface area contributed by atoms with E-state index in [9.17, 15) is 14.4 Å². The van der Waals surface area contributed by atoms with E-state index in [2.05, 4.69) is 22.6 Å². The fraction of sp³-hybridized carbons (Fsp3) is 0.0833. The summed E-state index contributed by atoms with van der Waals surface area (Å²) in [4.78, 5) is 34.1. The minimum Gasteiger partial charge on any atom is -0.497 e. The fourth-order valence-corrected chi connectivity index (χ4v) is 2.23. The van der Waals surface area contributed by atoms with Crippen molar-refractivity contribution in [2.45, 2.75) is 0 Å². The van der Waals surface area contributed by atoms with Gasteiger partial charge in [-0.3, -0.25) is 20.2 Å². The molecule has 2 N–H and O–H groups in total. The Hall–Kier alpha value is -1.90. The van der Waals surface area contributed by atoms with Crippen molar-refractivity contribution in [3.8, 4) is 5.75 Å². The fourth-order valence-electron chi connectivity index (χ4n) is 1.56. The lowest BCUT2D eigenvalue weighted by molar-refractivity contribution is -0.123. The minimum atomic E-state index is -0.813. The number of urea groups is 1. The van der Waals surface area contributed by atoms with Crippen LogP contribution in [0.2, 0.25) is 0 Å². The first-order chi connectivity index (χ1) is 8.99. The molecular weight excluding hydrogens is 363 g/mol. The summed E-state index contributed by atoms with van der Waals surface area (Å²) in [5, 5.41) is 4.02. The number of halogens is 1. The smallest absolute Gasteiger partial charge is 0.328 e. The second kappa shape index (κ2) is 5.39. The monoisotopic (exact) mass is 372 g/mol. The Morgan fingerprint density at radius 2 is 1.74 bits per heavy atom. The summed E-state index contributed by atoms with van der Waals surface area (Å²) in [5.41, 5.74) is 0.516. The molecular formula is C12H9IN2O4. The summed E-state index contributed by atoms with van der Waals surface area (Å²) in [5.74, 6) is -0.815. The Labute approximate surface area is 122 Å². The van der Waals surface area contributed by atoms with E-state index in [0.29, 0.717) is 11.3 Å². The summed E-state index contributed by atoms with van der Waals surface area (Å²) in [6, 6.07) is 4.47. The van der Waals surface area contributed by atoms with Crippen LogP contribution < -0.4 is 15.4 Å². The van der Waals surface area contributed by atoms with Gasteiger partial charge in [0.05, 0.1) is 7.11 Å². The lowest BCUT2D eigenvalue weighted by Gasteiger charge is -2.14. The molecule has 19 heavy (non-hydrogen) atoms. The van der Waals surface area contributed by atoms with Crippen LogP contribution in [0, 0.1) is 3.57 Å². The third-order valence-corrected chi connectivity index (χ3v) is 3.01.